The van der Waals surface area contributed by atoms with Gasteiger partial charge in [-0.1, -0.05) is 0 Å². The van der Waals surface area contributed by atoms with Gasteiger partial charge in [0.05, 0.1) is 18.3 Å². The fourth-order valence-electron chi connectivity index (χ4n) is 5.42. The summed E-state index contributed by atoms with van der Waals surface area (Å²) in [5.74, 6) is 2.16. The summed E-state index contributed by atoms with van der Waals surface area (Å²) in [5.41, 5.74) is 10.4. The Morgan fingerprint density at radius 3 is 2.68 bits per heavy atom. The predicted molar refractivity (Wildman–Crippen MR) is 157 cm³/mol. The topological polar surface area (TPSA) is 91.2 Å². The van der Waals surface area contributed by atoms with Gasteiger partial charge in [0.2, 0.25) is 0 Å². The van der Waals surface area contributed by atoms with E-state index in [2.05, 4.69) is 33.2 Å². The molecule has 3 aromatic heterocycles. The number of ether oxygens (including phenoxy) is 1. The van der Waals surface area contributed by atoms with Crippen LogP contribution in [0.5, 0.6) is 5.75 Å². The SMILES string of the molecule is COc1cc(C(=O)N2C[C@@H](N)CC[C@@H]2C)cc2nc(-c3cc4cccnc4n3CC3CC3)n(C)c12.S.S. The fourth-order valence-corrected chi connectivity index (χ4v) is 5.42. The number of imidazole rings is 1. The van der Waals surface area contributed by atoms with Gasteiger partial charge in [-0.3, -0.25) is 4.79 Å². The molecule has 1 aromatic carbocycles. The van der Waals surface area contributed by atoms with Crippen molar-refractivity contribution >= 4 is 55.0 Å². The number of aromatic nitrogens is 4. The number of hydrogen-bond donors (Lipinski definition) is 1. The first-order valence-corrected chi connectivity index (χ1v) is 12.5. The molecule has 1 saturated carbocycles. The minimum absolute atomic E-state index is 0. The van der Waals surface area contributed by atoms with Crippen LogP contribution in [-0.4, -0.2) is 55.6 Å². The summed E-state index contributed by atoms with van der Waals surface area (Å²) in [7, 11) is 3.65. The summed E-state index contributed by atoms with van der Waals surface area (Å²) in [6.07, 6.45) is 6.22. The quantitative estimate of drug-likeness (QED) is 0.410. The number of piperidine rings is 1. The molecule has 0 spiro atoms. The first-order chi connectivity index (χ1) is 16.9. The molecular weight excluding hydrogens is 504 g/mol. The number of methoxy groups -OCH3 is 1. The Labute approximate surface area is 231 Å². The highest BCUT2D eigenvalue weighted by Crippen LogP contribution is 2.37. The largest absolute Gasteiger partial charge is 0.494 e. The molecule has 8 nitrogen and oxygen atoms in total. The number of carbonyl (C=O) groups excluding carboxylic acids is 1. The van der Waals surface area contributed by atoms with E-state index >= 15 is 0 Å². The van der Waals surface area contributed by atoms with Crippen molar-refractivity contribution in [1.82, 2.24) is 24.0 Å². The highest BCUT2D eigenvalue weighted by molar-refractivity contribution is 7.59. The van der Waals surface area contributed by atoms with E-state index in [4.69, 9.17) is 15.5 Å². The molecule has 2 fully saturated rings. The Morgan fingerprint density at radius 1 is 1.16 bits per heavy atom. The van der Waals surface area contributed by atoms with E-state index in [-0.39, 0.29) is 45.0 Å². The third-order valence-electron chi connectivity index (χ3n) is 7.60. The molecule has 1 aliphatic heterocycles. The molecule has 198 valence electrons. The number of hydrogen-bond acceptors (Lipinski definition) is 5. The second kappa shape index (κ2) is 10.6. The van der Waals surface area contributed by atoms with E-state index in [0.717, 1.165) is 53.0 Å². The number of rotatable bonds is 5. The maximum atomic E-state index is 13.5. The van der Waals surface area contributed by atoms with Crippen molar-refractivity contribution in [2.24, 2.45) is 18.7 Å². The number of benzene rings is 1. The molecule has 1 amide bonds. The fraction of sp³-hybridized carbons (Fsp3) is 0.444. The molecule has 4 aromatic rings. The van der Waals surface area contributed by atoms with Crippen LogP contribution in [0.1, 0.15) is 43.0 Å². The van der Waals surface area contributed by atoms with E-state index in [9.17, 15) is 4.79 Å². The Kier molecular flexibility index (Phi) is 7.83. The van der Waals surface area contributed by atoms with E-state index in [1.54, 1.807) is 7.11 Å². The number of nitrogens with zero attached hydrogens (tertiary/aromatic N) is 5. The molecule has 0 radical (unpaired) electrons. The summed E-state index contributed by atoms with van der Waals surface area (Å²) >= 11 is 0. The van der Waals surface area contributed by atoms with E-state index < -0.39 is 0 Å². The van der Waals surface area contributed by atoms with Crippen LogP contribution in [0.3, 0.4) is 0 Å². The highest BCUT2D eigenvalue weighted by atomic mass is 32.1. The second-order valence-corrected chi connectivity index (χ2v) is 10.2. The van der Waals surface area contributed by atoms with Gasteiger partial charge in [-0.25, -0.2) is 9.97 Å². The van der Waals surface area contributed by atoms with Crippen LogP contribution in [-0.2, 0) is 13.6 Å². The van der Waals surface area contributed by atoms with Crippen molar-refractivity contribution in [3.8, 4) is 17.3 Å². The van der Waals surface area contributed by atoms with Crippen molar-refractivity contribution in [2.45, 2.75) is 51.2 Å². The summed E-state index contributed by atoms with van der Waals surface area (Å²) in [5, 5.41) is 1.11. The summed E-state index contributed by atoms with van der Waals surface area (Å²) in [6, 6.07) is 10.1. The Bertz CT molecular complexity index is 1440. The number of amides is 1. The molecule has 4 heterocycles. The standard InChI is InChI=1S/C27H32N6O2.2H2S/c1-16-6-9-20(28)15-32(16)27(34)19-11-21-24(23(13-19)35-3)31(2)26(30-21)22-12-18-5-4-10-29-25(18)33(22)14-17-7-8-17;;/h4-5,10-13,16-17,20H,6-9,14-15,28H2,1-3H3;2*1H2/t16-,20-;;/m0../s1. The zero-order chi connectivity index (χ0) is 24.3. The van der Waals surface area contributed by atoms with Crippen LogP contribution in [0.15, 0.2) is 36.5 Å². The van der Waals surface area contributed by atoms with Gasteiger partial charge < -0.3 is 24.5 Å². The zero-order valence-corrected chi connectivity index (χ0v) is 23.6. The average Bonchev–Trinajstić information content (AvgIpc) is 3.53. The number of fused-ring (bicyclic) bond motifs is 2. The Balaban J connectivity index is 0.00000160. The van der Waals surface area contributed by atoms with Crippen molar-refractivity contribution in [3.05, 3.63) is 42.1 Å². The van der Waals surface area contributed by atoms with Crippen molar-refractivity contribution in [2.75, 3.05) is 13.7 Å². The van der Waals surface area contributed by atoms with Gasteiger partial charge in [-0.15, -0.1) is 0 Å². The molecular formula is C27H36N6O2S2. The lowest BCUT2D eigenvalue weighted by Gasteiger charge is -2.36. The smallest absolute Gasteiger partial charge is 0.254 e. The van der Waals surface area contributed by atoms with Crippen LogP contribution in [0.4, 0.5) is 0 Å². The summed E-state index contributed by atoms with van der Waals surface area (Å²) < 4.78 is 10.1. The highest BCUT2D eigenvalue weighted by Gasteiger charge is 2.30. The first kappa shape index (κ1) is 27.3. The van der Waals surface area contributed by atoms with Crippen molar-refractivity contribution in [1.29, 1.82) is 0 Å². The van der Waals surface area contributed by atoms with Crippen LogP contribution in [0, 0.1) is 5.92 Å². The van der Waals surface area contributed by atoms with Crippen molar-refractivity contribution in [3.63, 3.8) is 0 Å². The van der Waals surface area contributed by atoms with Gasteiger partial charge in [-0.2, -0.15) is 27.0 Å². The lowest BCUT2D eigenvalue weighted by molar-refractivity contribution is 0.0612. The molecule has 2 N–H and O–H groups in total. The lowest BCUT2D eigenvalue weighted by Crippen LogP contribution is -2.50. The zero-order valence-electron chi connectivity index (χ0n) is 21.6. The number of pyridine rings is 1. The van der Waals surface area contributed by atoms with Gasteiger partial charge in [0, 0.05) is 49.4 Å². The van der Waals surface area contributed by atoms with Crippen LogP contribution < -0.4 is 10.5 Å². The Hall–Kier alpha value is -2.69. The maximum Gasteiger partial charge on any atom is 0.254 e. The minimum Gasteiger partial charge on any atom is -0.494 e. The molecule has 6 rings (SSSR count). The maximum absolute atomic E-state index is 13.5. The molecule has 10 heteroatoms. The third-order valence-corrected chi connectivity index (χ3v) is 7.60. The number of carbonyl (C=O) groups is 1. The van der Waals surface area contributed by atoms with Gasteiger partial charge in [0.15, 0.2) is 5.82 Å². The monoisotopic (exact) mass is 540 g/mol. The average molecular weight is 541 g/mol. The van der Waals surface area contributed by atoms with Gasteiger partial charge in [0.1, 0.15) is 16.9 Å². The third kappa shape index (κ3) is 4.82. The molecule has 1 saturated heterocycles. The summed E-state index contributed by atoms with van der Waals surface area (Å²) in [4.78, 5) is 25.1. The first-order valence-electron chi connectivity index (χ1n) is 12.5. The van der Waals surface area contributed by atoms with E-state index in [0.29, 0.717) is 23.8 Å². The number of aryl methyl sites for hydroxylation is 1. The van der Waals surface area contributed by atoms with Crippen LogP contribution in [0.2, 0.25) is 0 Å². The Morgan fingerprint density at radius 2 is 1.95 bits per heavy atom. The molecule has 2 atom stereocenters. The van der Waals surface area contributed by atoms with Gasteiger partial charge in [-0.05, 0) is 68.9 Å². The predicted octanol–water partition coefficient (Wildman–Crippen LogP) is 4.19. The molecule has 2 aliphatic rings. The van der Waals surface area contributed by atoms with E-state index in [1.807, 2.05) is 36.3 Å². The van der Waals surface area contributed by atoms with Crippen molar-refractivity contribution < 1.29 is 9.53 Å². The second-order valence-electron chi connectivity index (χ2n) is 10.2. The molecule has 1 aliphatic carbocycles. The van der Waals surface area contributed by atoms with Crippen LogP contribution in [0.25, 0.3) is 33.6 Å². The molecule has 0 bridgehead atoms. The summed E-state index contributed by atoms with van der Waals surface area (Å²) in [6.45, 7) is 3.60. The lowest BCUT2D eigenvalue weighted by atomic mass is 9.99. The molecule has 37 heavy (non-hydrogen) atoms. The number of nitrogens with two attached hydrogens (primary N) is 1. The number of likely N-dealkylation sites (tertiary alicyclic amines) is 1. The van der Waals surface area contributed by atoms with E-state index in [1.165, 1.54) is 12.8 Å². The minimum atomic E-state index is -0.0212. The van der Waals surface area contributed by atoms with Gasteiger partial charge >= 0.3 is 0 Å². The normalized spacial score (nSPS) is 19.5. The molecule has 0 unspecified atom stereocenters. The van der Waals surface area contributed by atoms with Crippen LogP contribution >= 0.6 is 27.0 Å². The van der Waals surface area contributed by atoms with Gasteiger partial charge in [0.25, 0.3) is 5.91 Å².